The third kappa shape index (κ3) is 2.61. The summed E-state index contributed by atoms with van der Waals surface area (Å²) in [7, 11) is 1.51. The molecule has 32 heavy (non-hydrogen) atoms. The quantitative estimate of drug-likeness (QED) is 0.658. The summed E-state index contributed by atoms with van der Waals surface area (Å²) in [4.78, 5) is 0. The van der Waals surface area contributed by atoms with E-state index in [0.29, 0.717) is 15.8 Å². The standard InChI is InChI=1S/C23H16BrFN4O3/c1-21-18(13-3-6-15(30-2)7-4-13)23(12-28,20(29)32-21)22(10-26,11-27)19(31-21)16-9-14(24)5-8-17(16)25/h3-9,18-19,29H,1-2H3. The van der Waals surface area contributed by atoms with Crippen molar-refractivity contribution in [2.24, 2.45) is 10.8 Å². The molecule has 0 radical (unpaired) electrons. The Morgan fingerprint density at radius 3 is 2.31 bits per heavy atom. The smallest absolute Gasteiger partial charge is 0.218 e. The summed E-state index contributed by atoms with van der Waals surface area (Å²) in [6, 6.07) is 16.6. The summed E-state index contributed by atoms with van der Waals surface area (Å²) < 4.78 is 32.5. The molecule has 2 bridgehead atoms. The number of benzene rings is 2. The third-order valence-corrected chi connectivity index (χ3v) is 6.70. The maximum Gasteiger partial charge on any atom is 0.218 e. The number of halogens is 2. The van der Waals surface area contributed by atoms with Crippen molar-refractivity contribution in [2.75, 3.05) is 7.11 Å². The number of rotatable bonds is 3. The first-order valence-electron chi connectivity index (χ1n) is 9.51. The van der Waals surface area contributed by atoms with Crippen molar-refractivity contribution in [1.29, 1.82) is 21.2 Å². The first kappa shape index (κ1) is 21.8. The molecule has 4 unspecified atom stereocenters. The van der Waals surface area contributed by atoms with Crippen molar-refractivity contribution in [3.8, 4) is 24.0 Å². The van der Waals surface area contributed by atoms with Gasteiger partial charge < -0.3 is 14.2 Å². The Morgan fingerprint density at radius 1 is 1.09 bits per heavy atom. The Bertz CT molecular complexity index is 1230. The average molecular weight is 495 g/mol. The maximum absolute atomic E-state index is 14.9. The van der Waals surface area contributed by atoms with Crippen LogP contribution in [-0.2, 0) is 9.47 Å². The molecule has 0 aliphatic carbocycles. The van der Waals surface area contributed by atoms with Crippen LogP contribution in [0.2, 0.25) is 0 Å². The molecule has 0 aromatic heterocycles. The number of hydrogen-bond acceptors (Lipinski definition) is 7. The van der Waals surface area contributed by atoms with Gasteiger partial charge in [0.15, 0.2) is 5.41 Å². The molecule has 0 saturated carbocycles. The molecular weight excluding hydrogens is 479 g/mol. The highest BCUT2D eigenvalue weighted by atomic mass is 79.9. The number of hydrogen-bond donors (Lipinski definition) is 1. The monoisotopic (exact) mass is 494 g/mol. The van der Waals surface area contributed by atoms with Gasteiger partial charge in [-0.05, 0) is 35.9 Å². The van der Waals surface area contributed by atoms with E-state index in [0.717, 1.165) is 0 Å². The lowest BCUT2D eigenvalue weighted by atomic mass is 9.52. The van der Waals surface area contributed by atoms with Crippen LogP contribution in [0.5, 0.6) is 5.75 Å². The van der Waals surface area contributed by atoms with E-state index < -0.39 is 40.4 Å². The first-order valence-corrected chi connectivity index (χ1v) is 10.3. The lowest BCUT2D eigenvalue weighted by molar-refractivity contribution is -0.254. The summed E-state index contributed by atoms with van der Waals surface area (Å²) in [5, 5.41) is 39.6. The van der Waals surface area contributed by atoms with Crippen molar-refractivity contribution in [3.63, 3.8) is 0 Å². The van der Waals surface area contributed by atoms with E-state index in [9.17, 15) is 20.2 Å². The van der Waals surface area contributed by atoms with Gasteiger partial charge in [-0.3, -0.25) is 5.41 Å². The minimum absolute atomic E-state index is 0.0835. The van der Waals surface area contributed by atoms with E-state index in [4.69, 9.17) is 19.6 Å². The average Bonchev–Trinajstić information content (AvgIpc) is 2.98. The van der Waals surface area contributed by atoms with Gasteiger partial charge in [-0.15, -0.1) is 0 Å². The fraction of sp³-hybridized carbons (Fsp3) is 0.304. The van der Waals surface area contributed by atoms with Gasteiger partial charge in [0.2, 0.25) is 17.1 Å². The lowest BCUT2D eigenvalue weighted by Crippen LogP contribution is -2.57. The summed E-state index contributed by atoms with van der Waals surface area (Å²) in [6.07, 6.45) is -1.49. The second-order valence-corrected chi connectivity index (χ2v) is 8.68. The van der Waals surface area contributed by atoms with E-state index in [1.165, 1.54) is 32.2 Å². The Hall–Kier alpha value is -3.45. The van der Waals surface area contributed by atoms with Crippen molar-refractivity contribution >= 4 is 21.8 Å². The molecule has 2 aliphatic heterocycles. The summed E-state index contributed by atoms with van der Waals surface area (Å²) >= 11 is 3.27. The topological polar surface area (TPSA) is 123 Å². The SMILES string of the molecule is COc1ccc(C2C3(C)OC(=N)C2(C#N)C(C#N)(C#N)C(c2cc(Br)ccc2F)O3)cc1. The van der Waals surface area contributed by atoms with Gasteiger partial charge >= 0.3 is 0 Å². The lowest BCUT2D eigenvalue weighted by Gasteiger charge is -2.48. The number of ether oxygens (including phenoxy) is 3. The van der Waals surface area contributed by atoms with Gasteiger partial charge in [-0.25, -0.2) is 4.39 Å². The number of nitrogens with one attached hydrogen (secondary N) is 1. The highest BCUT2D eigenvalue weighted by Crippen LogP contribution is 2.69. The molecule has 2 aromatic carbocycles. The van der Waals surface area contributed by atoms with E-state index in [1.807, 2.05) is 18.2 Å². The number of fused-ring (bicyclic) bond motifs is 2. The molecule has 2 aromatic rings. The fourth-order valence-electron chi connectivity index (χ4n) is 4.78. The zero-order valence-corrected chi connectivity index (χ0v) is 18.6. The Labute approximate surface area is 192 Å². The summed E-state index contributed by atoms with van der Waals surface area (Å²) in [5.74, 6) is -3.34. The zero-order valence-electron chi connectivity index (χ0n) is 17.0. The molecule has 1 N–H and O–H groups in total. The van der Waals surface area contributed by atoms with E-state index in [-0.39, 0.29) is 5.56 Å². The molecule has 2 heterocycles. The number of methoxy groups -OCH3 is 1. The van der Waals surface area contributed by atoms with Crippen LogP contribution in [0.25, 0.3) is 0 Å². The highest BCUT2D eigenvalue weighted by molar-refractivity contribution is 9.10. The molecule has 2 fully saturated rings. The van der Waals surface area contributed by atoms with E-state index in [2.05, 4.69) is 15.9 Å². The molecule has 4 atom stereocenters. The molecular formula is C23H16BrFN4O3. The van der Waals surface area contributed by atoms with Crippen LogP contribution >= 0.6 is 15.9 Å². The fourth-order valence-corrected chi connectivity index (χ4v) is 5.16. The summed E-state index contributed by atoms with van der Waals surface area (Å²) in [5.41, 5.74) is -3.90. The molecule has 0 amide bonds. The van der Waals surface area contributed by atoms with Gasteiger partial charge in [-0.2, -0.15) is 15.8 Å². The van der Waals surface area contributed by atoms with Gasteiger partial charge in [-0.1, -0.05) is 28.1 Å². The predicted molar refractivity (Wildman–Crippen MR) is 113 cm³/mol. The number of nitriles is 3. The molecule has 0 spiro atoms. The van der Waals surface area contributed by atoms with Crippen LogP contribution in [0.1, 0.15) is 30.1 Å². The van der Waals surface area contributed by atoms with E-state index >= 15 is 0 Å². The molecule has 7 nitrogen and oxygen atoms in total. The van der Waals surface area contributed by atoms with Gasteiger partial charge in [0, 0.05) is 17.0 Å². The van der Waals surface area contributed by atoms with Gasteiger partial charge in [0.05, 0.1) is 31.2 Å². The zero-order chi connectivity index (χ0) is 23.3. The minimum atomic E-state index is -2.28. The minimum Gasteiger partial charge on any atom is -0.497 e. The predicted octanol–water partition coefficient (Wildman–Crippen LogP) is 4.72. The Balaban J connectivity index is 2.03. The Morgan fingerprint density at radius 2 is 1.75 bits per heavy atom. The van der Waals surface area contributed by atoms with Crippen LogP contribution in [0.15, 0.2) is 46.9 Å². The largest absolute Gasteiger partial charge is 0.497 e. The summed E-state index contributed by atoms with van der Waals surface area (Å²) in [6.45, 7) is 1.52. The highest BCUT2D eigenvalue weighted by Gasteiger charge is 2.80. The first-order chi connectivity index (χ1) is 15.2. The van der Waals surface area contributed by atoms with Crippen molar-refractivity contribution in [1.82, 2.24) is 0 Å². The third-order valence-electron chi connectivity index (χ3n) is 6.21. The van der Waals surface area contributed by atoms with Crippen molar-refractivity contribution < 1.29 is 18.6 Å². The second kappa shape index (κ2) is 7.31. The number of nitrogens with zero attached hydrogens (tertiary/aromatic N) is 3. The van der Waals surface area contributed by atoms with Crippen molar-refractivity contribution in [2.45, 2.75) is 24.7 Å². The van der Waals surface area contributed by atoms with Crippen molar-refractivity contribution in [3.05, 3.63) is 63.9 Å². The Kier molecular flexibility index (Phi) is 4.97. The maximum atomic E-state index is 14.9. The molecule has 9 heteroatoms. The van der Waals surface area contributed by atoms with E-state index in [1.54, 1.807) is 24.3 Å². The molecule has 2 saturated heterocycles. The molecule has 160 valence electrons. The van der Waals surface area contributed by atoms with Crippen LogP contribution in [0.3, 0.4) is 0 Å². The molecule has 4 rings (SSSR count). The second-order valence-electron chi connectivity index (χ2n) is 7.77. The van der Waals surface area contributed by atoms with Crippen LogP contribution < -0.4 is 4.74 Å². The van der Waals surface area contributed by atoms with Crippen LogP contribution in [-0.4, -0.2) is 18.8 Å². The molecule has 2 aliphatic rings. The normalized spacial score (nSPS) is 29.8. The van der Waals surface area contributed by atoms with Crippen LogP contribution in [0.4, 0.5) is 4.39 Å². The van der Waals surface area contributed by atoms with Gasteiger partial charge in [0.1, 0.15) is 17.7 Å². The van der Waals surface area contributed by atoms with Gasteiger partial charge in [0.25, 0.3) is 0 Å². The van der Waals surface area contributed by atoms with Crippen LogP contribution in [0, 0.1) is 56.0 Å².